The van der Waals surface area contributed by atoms with E-state index in [0.29, 0.717) is 36.9 Å². The number of urea groups is 1. The Morgan fingerprint density at radius 1 is 1.19 bits per heavy atom. The van der Waals surface area contributed by atoms with Crippen LogP contribution >= 0.6 is 0 Å². The third kappa shape index (κ3) is 3.28. The highest BCUT2D eigenvalue weighted by Crippen LogP contribution is 2.37. The van der Waals surface area contributed by atoms with Gasteiger partial charge in [-0.05, 0) is 30.2 Å². The van der Waals surface area contributed by atoms with E-state index in [1.165, 1.54) is 0 Å². The quantitative estimate of drug-likeness (QED) is 0.906. The summed E-state index contributed by atoms with van der Waals surface area (Å²) in [5, 5.41) is 5.56. The standard InChI is InChI=1S/C15H16N2O4/c18-15(16-6-4-11-5-7-19-10-11)17-12-2-1-3-13-14(12)21-9-8-20-13/h1-3,5,7,10H,4,6,8-9H2,(H2,16,17,18). The fourth-order valence-corrected chi connectivity index (χ4v) is 2.09. The van der Waals surface area contributed by atoms with E-state index < -0.39 is 0 Å². The largest absolute Gasteiger partial charge is 0.486 e. The molecule has 2 heterocycles. The normalized spacial score (nSPS) is 12.8. The summed E-state index contributed by atoms with van der Waals surface area (Å²) >= 11 is 0. The van der Waals surface area contributed by atoms with Crippen molar-refractivity contribution in [2.24, 2.45) is 0 Å². The lowest BCUT2D eigenvalue weighted by Gasteiger charge is -2.21. The first kappa shape index (κ1) is 13.4. The van der Waals surface area contributed by atoms with E-state index in [4.69, 9.17) is 13.9 Å². The summed E-state index contributed by atoms with van der Waals surface area (Å²) < 4.78 is 16.0. The van der Waals surface area contributed by atoms with E-state index in [1.54, 1.807) is 18.6 Å². The molecule has 2 N–H and O–H groups in total. The van der Waals surface area contributed by atoms with E-state index in [9.17, 15) is 4.79 Å². The summed E-state index contributed by atoms with van der Waals surface area (Å²) in [4.78, 5) is 11.9. The maximum Gasteiger partial charge on any atom is 0.319 e. The number of hydrogen-bond acceptors (Lipinski definition) is 4. The Kier molecular flexibility index (Phi) is 3.95. The molecule has 0 radical (unpaired) electrons. The number of furan rings is 1. The molecule has 2 amide bonds. The molecule has 110 valence electrons. The summed E-state index contributed by atoms with van der Waals surface area (Å²) in [6.45, 7) is 1.53. The first-order chi connectivity index (χ1) is 10.3. The number of anilines is 1. The maximum atomic E-state index is 11.9. The van der Waals surface area contributed by atoms with Crippen LogP contribution in [0.1, 0.15) is 5.56 Å². The summed E-state index contributed by atoms with van der Waals surface area (Å²) in [6, 6.07) is 7.01. The Hall–Kier alpha value is -2.63. The van der Waals surface area contributed by atoms with Crippen LogP contribution in [0.15, 0.2) is 41.2 Å². The lowest BCUT2D eigenvalue weighted by Crippen LogP contribution is -2.30. The number of benzene rings is 1. The molecular formula is C15H16N2O4. The van der Waals surface area contributed by atoms with Gasteiger partial charge in [0.2, 0.25) is 0 Å². The van der Waals surface area contributed by atoms with Crippen LogP contribution in [0.2, 0.25) is 0 Å². The van der Waals surface area contributed by atoms with Crippen LogP contribution in [-0.4, -0.2) is 25.8 Å². The summed E-state index contributed by atoms with van der Waals surface area (Å²) in [5.74, 6) is 1.23. The molecule has 0 saturated heterocycles. The van der Waals surface area contributed by atoms with Crippen molar-refractivity contribution in [2.75, 3.05) is 25.1 Å². The van der Waals surface area contributed by atoms with Gasteiger partial charge in [0.1, 0.15) is 13.2 Å². The Bertz CT molecular complexity index is 610. The monoisotopic (exact) mass is 288 g/mol. The smallest absolute Gasteiger partial charge is 0.319 e. The second-order valence-corrected chi connectivity index (χ2v) is 4.59. The third-order valence-corrected chi connectivity index (χ3v) is 3.09. The second kappa shape index (κ2) is 6.21. The first-order valence-corrected chi connectivity index (χ1v) is 6.77. The molecule has 1 aromatic carbocycles. The van der Waals surface area contributed by atoms with Crippen LogP contribution in [0, 0.1) is 0 Å². The van der Waals surface area contributed by atoms with Crippen molar-refractivity contribution in [1.82, 2.24) is 5.32 Å². The molecule has 0 unspecified atom stereocenters. The van der Waals surface area contributed by atoms with Crippen LogP contribution in [0.3, 0.4) is 0 Å². The minimum absolute atomic E-state index is 0.277. The van der Waals surface area contributed by atoms with Gasteiger partial charge in [0.25, 0.3) is 0 Å². The van der Waals surface area contributed by atoms with Crippen LogP contribution < -0.4 is 20.1 Å². The average molecular weight is 288 g/mol. The summed E-state index contributed by atoms with van der Waals surface area (Å²) in [5.41, 5.74) is 1.65. The molecule has 21 heavy (non-hydrogen) atoms. The Balaban J connectivity index is 1.55. The minimum Gasteiger partial charge on any atom is -0.486 e. The second-order valence-electron chi connectivity index (χ2n) is 4.59. The van der Waals surface area contributed by atoms with Crippen molar-refractivity contribution in [3.05, 3.63) is 42.4 Å². The Labute approximate surface area is 122 Å². The number of para-hydroxylation sites is 1. The molecule has 1 aliphatic heterocycles. The maximum absolute atomic E-state index is 11.9. The molecule has 6 heteroatoms. The molecule has 0 spiro atoms. The zero-order chi connectivity index (χ0) is 14.5. The SMILES string of the molecule is O=C(NCCc1ccoc1)Nc1cccc2c1OCCO2. The number of carbonyl (C=O) groups excluding carboxylic acids is 1. The fraction of sp³-hybridized carbons (Fsp3) is 0.267. The number of fused-ring (bicyclic) bond motifs is 1. The lowest BCUT2D eigenvalue weighted by atomic mass is 10.2. The fourth-order valence-electron chi connectivity index (χ4n) is 2.09. The van der Waals surface area contributed by atoms with Crippen molar-refractivity contribution in [1.29, 1.82) is 0 Å². The zero-order valence-corrected chi connectivity index (χ0v) is 11.4. The highest BCUT2D eigenvalue weighted by molar-refractivity contribution is 5.91. The van der Waals surface area contributed by atoms with E-state index in [2.05, 4.69) is 10.6 Å². The van der Waals surface area contributed by atoms with E-state index in [1.807, 2.05) is 18.2 Å². The van der Waals surface area contributed by atoms with Crippen molar-refractivity contribution in [2.45, 2.75) is 6.42 Å². The molecule has 3 rings (SSSR count). The molecule has 1 aromatic heterocycles. The Morgan fingerprint density at radius 2 is 2.10 bits per heavy atom. The van der Waals surface area contributed by atoms with Crippen molar-refractivity contribution in [3.63, 3.8) is 0 Å². The predicted octanol–water partition coefficient (Wildman–Crippen LogP) is 2.42. The molecule has 0 atom stereocenters. The van der Waals surface area contributed by atoms with E-state index >= 15 is 0 Å². The molecule has 0 saturated carbocycles. The summed E-state index contributed by atoms with van der Waals surface area (Å²) in [6.07, 6.45) is 4.00. The van der Waals surface area contributed by atoms with Gasteiger partial charge < -0.3 is 24.5 Å². The molecule has 0 aliphatic carbocycles. The van der Waals surface area contributed by atoms with Gasteiger partial charge in [0.15, 0.2) is 11.5 Å². The van der Waals surface area contributed by atoms with E-state index in [-0.39, 0.29) is 6.03 Å². The number of amides is 2. The van der Waals surface area contributed by atoms with Gasteiger partial charge in [-0.1, -0.05) is 6.07 Å². The van der Waals surface area contributed by atoms with Gasteiger partial charge in [-0.3, -0.25) is 0 Å². The van der Waals surface area contributed by atoms with Crippen LogP contribution in [0.5, 0.6) is 11.5 Å². The summed E-state index contributed by atoms with van der Waals surface area (Å²) in [7, 11) is 0. The van der Waals surface area contributed by atoms with Gasteiger partial charge in [0.05, 0.1) is 18.2 Å². The van der Waals surface area contributed by atoms with Crippen LogP contribution in [-0.2, 0) is 6.42 Å². The topological polar surface area (TPSA) is 72.7 Å². The highest BCUT2D eigenvalue weighted by atomic mass is 16.6. The van der Waals surface area contributed by atoms with Gasteiger partial charge in [0, 0.05) is 6.54 Å². The molecule has 1 aliphatic rings. The number of nitrogens with one attached hydrogen (secondary N) is 2. The predicted molar refractivity (Wildman–Crippen MR) is 76.9 cm³/mol. The molecular weight excluding hydrogens is 272 g/mol. The first-order valence-electron chi connectivity index (χ1n) is 6.77. The van der Waals surface area contributed by atoms with Crippen LogP contribution in [0.4, 0.5) is 10.5 Å². The van der Waals surface area contributed by atoms with Gasteiger partial charge in [-0.2, -0.15) is 0 Å². The Morgan fingerprint density at radius 3 is 2.95 bits per heavy atom. The molecule has 6 nitrogen and oxygen atoms in total. The average Bonchev–Trinajstić information content (AvgIpc) is 3.01. The van der Waals surface area contributed by atoms with E-state index in [0.717, 1.165) is 12.0 Å². The van der Waals surface area contributed by atoms with Crippen molar-refractivity contribution < 1.29 is 18.7 Å². The lowest BCUT2D eigenvalue weighted by molar-refractivity contribution is 0.172. The highest BCUT2D eigenvalue weighted by Gasteiger charge is 2.16. The molecule has 0 bridgehead atoms. The van der Waals surface area contributed by atoms with Crippen LogP contribution in [0.25, 0.3) is 0 Å². The number of rotatable bonds is 4. The number of carbonyl (C=O) groups is 1. The van der Waals surface area contributed by atoms with Gasteiger partial charge in [-0.25, -0.2) is 4.79 Å². The van der Waals surface area contributed by atoms with Gasteiger partial charge in [-0.15, -0.1) is 0 Å². The van der Waals surface area contributed by atoms with Gasteiger partial charge >= 0.3 is 6.03 Å². The number of hydrogen-bond donors (Lipinski definition) is 2. The minimum atomic E-state index is -0.277. The number of ether oxygens (including phenoxy) is 2. The van der Waals surface area contributed by atoms with Crippen molar-refractivity contribution >= 4 is 11.7 Å². The third-order valence-electron chi connectivity index (χ3n) is 3.09. The van der Waals surface area contributed by atoms with Crippen molar-refractivity contribution in [3.8, 4) is 11.5 Å². The zero-order valence-electron chi connectivity index (χ0n) is 11.4. The molecule has 0 fully saturated rings. The molecule has 2 aromatic rings.